The lowest BCUT2D eigenvalue weighted by molar-refractivity contribution is 0.144. The fourth-order valence-electron chi connectivity index (χ4n) is 3.75. The van der Waals surface area contributed by atoms with Crippen LogP contribution in [0, 0.1) is 5.41 Å². The molecule has 1 aromatic rings. The molecule has 0 aromatic carbocycles. The van der Waals surface area contributed by atoms with E-state index < -0.39 is 0 Å². The Balaban J connectivity index is 1.75. The quantitative estimate of drug-likeness (QED) is 0.789. The molecular formula is C15H22BrN3O. The van der Waals surface area contributed by atoms with E-state index in [1.165, 1.54) is 49.6 Å². The summed E-state index contributed by atoms with van der Waals surface area (Å²) in [7, 11) is 1.68. The van der Waals surface area contributed by atoms with E-state index in [1.54, 1.807) is 7.05 Å². The van der Waals surface area contributed by atoms with E-state index in [9.17, 15) is 4.79 Å². The number of aromatic nitrogens is 2. The van der Waals surface area contributed by atoms with E-state index in [1.807, 2.05) is 6.20 Å². The molecule has 1 saturated heterocycles. The van der Waals surface area contributed by atoms with E-state index in [0.29, 0.717) is 9.89 Å². The van der Waals surface area contributed by atoms with Crippen molar-refractivity contribution >= 4 is 21.6 Å². The van der Waals surface area contributed by atoms with Crippen LogP contribution in [0.5, 0.6) is 0 Å². The average Bonchev–Trinajstić information content (AvgIpc) is 2.47. The molecule has 0 atom stereocenters. The smallest absolute Gasteiger partial charge is 0.282 e. The van der Waals surface area contributed by atoms with Gasteiger partial charge in [-0.05, 0) is 47.0 Å². The highest BCUT2D eigenvalue weighted by Crippen LogP contribution is 2.45. The van der Waals surface area contributed by atoms with Gasteiger partial charge in [0.25, 0.3) is 5.56 Å². The molecule has 0 unspecified atom stereocenters. The molecule has 0 N–H and O–H groups in total. The van der Waals surface area contributed by atoms with Crippen LogP contribution >= 0.6 is 15.9 Å². The molecule has 2 heterocycles. The fraction of sp³-hybridized carbons (Fsp3) is 0.733. The van der Waals surface area contributed by atoms with Gasteiger partial charge >= 0.3 is 0 Å². The summed E-state index contributed by atoms with van der Waals surface area (Å²) < 4.78 is 2.02. The van der Waals surface area contributed by atoms with Crippen LogP contribution in [0.4, 0.5) is 5.69 Å². The standard InChI is InChI=1S/C15H22BrN3O/c1-18-14(20)13(16)12(11-17-18)19-9-7-15(8-10-19)5-3-2-4-6-15/h11H,2-10H2,1H3. The summed E-state index contributed by atoms with van der Waals surface area (Å²) in [6, 6.07) is 0. The van der Waals surface area contributed by atoms with Crippen LogP contribution in [-0.4, -0.2) is 22.9 Å². The van der Waals surface area contributed by atoms with E-state index >= 15 is 0 Å². The zero-order chi connectivity index (χ0) is 14.2. The van der Waals surface area contributed by atoms with Crippen molar-refractivity contribution in [2.24, 2.45) is 12.5 Å². The first kappa shape index (κ1) is 14.1. The molecule has 3 rings (SSSR count). The second-order valence-electron chi connectivity index (χ2n) is 6.32. The van der Waals surface area contributed by atoms with Gasteiger partial charge < -0.3 is 4.90 Å². The fourth-order valence-corrected chi connectivity index (χ4v) is 4.36. The Labute approximate surface area is 128 Å². The molecule has 0 radical (unpaired) electrons. The van der Waals surface area contributed by atoms with Gasteiger partial charge in [-0.3, -0.25) is 4.79 Å². The number of rotatable bonds is 1. The van der Waals surface area contributed by atoms with Crippen molar-refractivity contribution in [3.05, 3.63) is 21.0 Å². The van der Waals surface area contributed by atoms with Crippen LogP contribution in [0.1, 0.15) is 44.9 Å². The Morgan fingerprint density at radius 1 is 1.15 bits per heavy atom. The number of hydrogen-bond acceptors (Lipinski definition) is 3. The topological polar surface area (TPSA) is 38.1 Å². The van der Waals surface area contributed by atoms with Gasteiger partial charge in [-0.1, -0.05) is 19.3 Å². The Hall–Kier alpha value is -0.840. The van der Waals surface area contributed by atoms with Gasteiger partial charge in [0.2, 0.25) is 0 Å². The van der Waals surface area contributed by atoms with Gasteiger partial charge in [-0.15, -0.1) is 0 Å². The lowest BCUT2D eigenvalue weighted by Gasteiger charge is -2.45. The SMILES string of the molecule is Cn1ncc(N2CCC3(CCCCC3)CC2)c(Br)c1=O. The Morgan fingerprint density at radius 3 is 2.45 bits per heavy atom. The largest absolute Gasteiger partial charge is 0.369 e. The molecule has 2 aliphatic rings. The summed E-state index contributed by atoms with van der Waals surface area (Å²) in [6.45, 7) is 2.10. The maximum absolute atomic E-state index is 12.0. The third kappa shape index (κ3) is 2.52. The van der Waals surface area contributed by atoms with Crippen LogP contribution in [-0.2, 0) is 7.05 Å². The number of nitrogens with zero attached hydrogens (tertiary/aromatic N) is 3. The summed E-state index contributed by atoms with van der Waals surface area (Å²) in [6.07, 6.45) is 11.3. The first-order valence-electron chi connectivity index (χ1n) is 7.58. The number of halogens is 1. The van der Waals surface area contributed by atoms with Crippen LogP contribution in [0.2, 0.25) is 0 Å². The monoisotopic (exact) mass is 339 g/mol. The third-order valence-corrected chi connectivity index (χ3v) is 5.88. The number of anilines is 1. The van der Waals surface area contributed by atoms with Gasteiger partial charge in [0.15, 0.2) is 0 Å². The van der Waals surface area contributed by atoms with Gasteiger partial charge in [0.1, 0.15) is 4.47 Å². The molecule has 20 heavy (non-hydrogen) atoms. The van der Waals surface area contributed by atoms with E-state index in [-0.39, 0.29) is 5.56 Å². The minimum Gasteiger partial charge on any atom is -0.369 e. The summed E-state index contributed by atoms with van der Waals surface area (Å²) in [5.41, 5.74) is 1.49. The van der Waals surface area contributed by atoms with Crippen LogP contribution < -0.4 is 10.5 Å². The highest BCUT2D eigenvalue weighted by molar-refractivity contribution is 9.10. The third-order valence-electron chi connectivity index (χ3n) is 5.14. The molecule has 1 spiro atoms. The van der Waals surface area contributed by atoms with Gasteiger partial charge in [0.05, 0.1) is 11.9 Å². The first-order chi connectivity index (χ1) is 9.61. The van der Waals surface area contributed by atoms with Crippen molar-refractivity contribution in [1.82, 2.24) is 9.78 Å². The zero-order valence-electron chi connectivity index (χ0n) is 12.1. The Bertz CT molecular complexity index is 539. The predicted molar refractivity (Wildman–Crippen MR) is 84.1 cm³/mol. The lowest BCUT2D eigenvalue weighted by atomic mass is 9.68. The van der Waals surface area contributed by atoms with E-state index in [2.05, 4.69) is 25.9 Å². The van der Waals surface area contributed by atoms with Gasteiger partial charge in [-0.2, -0.15) is 5.10 Å². The predicted octanol–water partition coefficient (Wildman–Crippen LogP) is 3.09. The lowest BCUT2D eigenvalue weighted by Crippen LogP contribution is -2.42. The molecule has 2 fully saturated rings. The van der Waals surface area contributed by atoms with Crippen LogP contribution in [0.25, 0.3) is 0 Å². The van der Waals surface area contributed by atoms with Crippen LogP contribution in [0.3, 0.4) is 0 Å². The maximum Gasteiger partial charge on any atom is 0.282 e. The Kier molecular flexibility index (Phi) is 3.89. The molecule has 0 bridgehead atoms. The molecule has 110 valence electrons. The molecule has 1 aromatic heterocycles. The number of hydrogen-bond donors (Lipinski definition) is 0. The van der Waals surface area contributed by atoms with Crippen molar-refractivity contribution < 1.29 is 0 Å². The highest BCUT2D eigenvalue weighted by atomic mass is 79.9. The second-order valence-corrected chi connectivity index (χ2v) is 7.11. The van der Waals surface area contributed by atoms with Crippen LogP contribution in [0.15, 0.2) is 15.5 Å². The van der Waals surface area contributed by atoms with Crippen molar-refractivity contribution in [3.8, 4) is 0 Å². The molecule has 5 heteroatoms. The molecule has 1 saturated carbocycles. The first-order valence-corrected chi connectivity index (χ1v) is 8.37. The number of aryl methyl sites for hydroxylation is 1. The van der Waals surface area contributed by atoms with E-state index in [0.717, 1.165) is 18.8 Å². The van der Waals surface area contributed by atoms with E-state index in [4.69, 9.17) is 0 Å². The van der Waals surface area contributed by atoms with Gasteiger partial charge in [0, 0.05) is 20.1 Å². The van der Waals surface area contributed by atoms with Crippen molar-refractivity contribution in [3.63, 3.8) is 0 Å². The highest BCUT2D eigenvalue weighted by Gasteiger charge is 2.36. The van der Waals surface area contributed by atoms with Crippen molar-refractivity contribution in [2.45, 2.75) is 44.9 Å². The van der Waals surface area contributed by atoms with Crippen molar-refractivity contribution in [1.29, 1.82) is 0 Å². The van der Waals surface area contributed by atoms with Crippen molar-refractivity contribution in [2.75, 3.05) is 18.0 Å². The average molecular weight is 340 g/mol. The summed E-state index contributed by atoms with van der Waals surface area (Å²) in [5.74, 6) is 0. The summed E-state index contributed by atoms with van der Waals surface area (Å²) >= 11 is 3.44. The van der Waals surface area contributed by atoms with Gasteiger partial charge in [-0.25, -0.2) is 4.68 Å². The minimum atomic E-state index is -0.0551. The minimum absolute atomic E-state index is 0.0551. The summed E-state index contributed by atoms with van der Waals surface area (Å²) in [5, 5.41) is 4.15. The molecule has 1 aliphatic heterocycles. The molecule has 0 amide bonds. The maximum atomic E-state index is 12.0. The molecule has 4 nitrogen and oxygen atoms in total. The number of piperidine rings is 1. The molecular weight excluding hydrogens is 318 g/mol. The second kappa shape index (κ2) is 5.51. The molecule has 1 aliphatic carbocycles. The zero-order valence-corrected chi connectivity index (χ0v) is 13.7. The Morgan fingerprint density at radius 2 is 1.80 bits per heavy atom. The normalized spacial score (nSPS) is 22.2. The summed E-state index contributed by atoms with van der Waals surface area (Å²) in [4.78, 5) is 14.3.